The normalized spacial score (nSPS) is 17.4. The van der Waals surface area contributed by atoms with Crippen molar-refractivity contribution in [1.29, 1.82) is 0 Å². The van der Waals surface area contributed by atoms with E-state index in [1.54, 1.807) is 48.5 Å². The van der Waals surface area contributed by atoms with Crippen LogP contribution in [-0.4, -0.2) is 22.0 Å². The van der Waals surface area contributed by atoms with Crippen molar-refractivity contribution >= 4 is 23.2 Å². The maximum absolute atomic E-state index is 11.4. The number of aliphatic carboxylic acids is 1. The van der Waals surface area contributed by atoms with Crippen LogP contribution >= 0.6 is 0 Å². The topological polar surface area (TPSA) is 73.1 Å². The van der Waals surface area contributed by atoms with Gasteiger partial charge in [-0.05, 0) is 18.2 Å². The van der Waals surface area contributed by atoms with Gasteiger partial charge >= 0.3 is 5.97 Å². The number of hydrogen-bond acceptors (Lipinski definition) is 4. The highest BCUT2D eigenvalue weighted by Crippen LogP contribution is 2.36. The van der Waals surface area contributed by atoms with E-state index in [-0.39, 0.29) is 5.84 Å². The highest BCUT2D eigenvalue weighted by molar-refractivity contribution is 6.41. The third-order valence-electron chi connectivity index (χ3n) is 3.14. The summed E-state index contributed by atoms with van der Waals surface area (Å²) in [5, 5.41) is 19.8. The maximum atomic E-state index is 11.4. The molecule has 0 aliphatic carbocycles. The number of nitrogens with zero attached hydrogens (tertiary/aromatic N) is 2. The summed E-state index contributed by atoms with van der Waals surface area (Å²) in [6.07, 6.45) is -1.07. The minimum Gasteiger partial charge on any atom is -0.475 e. The number of aliphatic hydroxyl groups excluding tert-OH is 1. The van der Waals surface area contributed by atoms with Crippen molar-refractivity contribution < 1.29 is 15.0 Å². The summed E-state index contributed by atoms with van der Waals surface area (Å²) in [4.78, 5) is 16.9. The summed E-state index contributed by atoms with van der Waals surface area (Å²) in [5.74, 6) is -1.37. The molecule has 0 fully saturated rings. The molecular formula is C15H12N2O3. The number of benzene rings is 2. The Labute approximate surface area is 115 Å². The number of aliphatic hydroxyl groups is 1. The van der Waals surface area contributed by atoms with Crippen molar-refractivity contribution in [2.45, 2.75) is 6.23 Å². The smallest absolute Gasteiger partial charge is 0.372 e. The molecule has 1 aliphatic heterocycles. The van der Waals surface area contributed by atoms with E-state index in [2.05, 4.69) is 4.99 Å². The number of anilines is 1. The number of aliphatic imine (C=N–C) groups is 1. The largest absolute Gasteiger partial charge is 0.475 e. The monoisotopic (exact) mass is 268 g/mol. The Morgan fingerprint density at radius 2 is 1.70 bits per heavy atom. The molecule has 0 saturated carbocycles. The minimum absolute atomic E-state index is 0.192. The Kier molecular flexibility index (Phi) is 2.96. The molecular weight excluding hydrogens is 256 g/mol. The molecule has 0 radical (unpaired) electrons. The lowest BCUT2D eigenvalue weighted by atomic mass is 10.1. The van der Waals surface area contributed by atoms with Crippen molar-refractivity contribution in [1.82, 2.24) is 0 Å². The Morgan fingerprint density at radius 3 is 2.40 bits per heavy atom. The second kappa shape index (κ2) is 4.79. The first kappa shape index (κ1) is 12.4. The zero-order chi connectivity index (χ0) is 14.1. The van der Waals surface area contributed by atoms with Gasteiger partial charge in [-0.1, -0.05) is 36.4 Å². The molecule has 5 heteroatoms. The molecule has 2 aromatic rings. The molecule has 0 aromatic heterocycles. The van der Waals surface area contributed by atoms with E-state index in [4.69, 9.17) is 0 Å². The van der Waals surface area contributed by atoms with Gasteiger partial charge in [0.25, 0.3) is 0 Å². The second-order valence-electron chi connectivity index (χ2n) is 4.38. The summed E-state index contributed by atoms with van der Waals surface area (Å²) in [6, 6.07) is 15.8. The van der Waals surface area contributed by atoms with Crippen molar-refractivity contribution in [3.8, 4) is 0 Å². The Hall–Kier alpha value is -2.66. The number of hydrogen-bond donors (Lipinski definition) is 2. The molecule has 1 atom stereocenters. The van der Waals surface area contributed by atoms with Crippen LogP contribution in [-0.2, 0) is 4.79 Å². The standard InChI is InChI=1S/C15H12N2O3/c18-14-11-8-4-5-9-12(11)16-13(15(19)20)17(14)10-6-2-1-3-7-10/h1-9,14,18H,(H,19,20). The van der Waals surface area contributed by atoms with Gasteiger partial charge < -0.3 is 10.2 Å². The minimum atomic E-state index is -1.18. The predicted molar refractivity (Wildman–Crippen MR) is 75.1 cm³/mol. The second-order valence-corrected chi connectivity index (χ2v) is 4.38. The third kappa shape index (κ3) is 1.94. The lowest BCUT2D eigenvalue weighted by Crippen LogP contribution is -2.41. The van der Waals surface area contributed by atoms with Crippen molar-refractivity contribution in [2.75, 3.05) is 4.90 Å². The van der Waals surface area contributed by atoms with Gasteiger partial charge in [0.1, 0.15) is 0 Å². The zero-order valence-corrected chi connectivity index (χ0v) is 10.5. The fourth-order valence-corrected chi connectivity index (χ4v) is 2.23. The number of para-hydroxylation sites is 2. The molecule has 20 heavy (non-hydrogen) atoms. The van der Waals surface area contributed by atoms with Crippen molar-refractivity contribution in [3.05, 3.63) is 60.2 Å². The number of fused-ring (bicyclic) bond motifs is 1. The molecule has 0 spiro atoms. The quantitative estimate of drug-likeness (QED) is 0.876. The Bertz CT molecular complexity index is 683. The van der Waals surface area contributed by atoms with E-state index in [1.165, 1.54) is 4.90 Å². The van der Waals surface area contributed by atoms with Crippen LogP contribution in [0.3, 0.4) is 0 Å². The lowest BCUT2D eigenvalue weighted by molar-refractivity contribution is -0.129. The van der Waals surface area contributed by atoms with Crippen molar-refractivity contribution in [2.24, 2.45) is 4.99 Å². The van der Waals surface area contributed by atoms with Crippen LogP contribution in [0.15, 0.2) is 59.6 Å². The van der Waals surface area contributed by atoms with Crippen LogP contribution in [0.25, 0.3) is 0 Å². The van der Waals surface area contributed by atoms with Crippen LogP contribution in [0, 0.1) is 0 Å². The average Bonchev–Trinajstić information content (AvgIpc) is 2.48. The van der Waals surface area contributed by atoms with Crippen LogP contribution in [0.2, 0.25) is 0 Å². The molecule has 0 saturated heterocycles. The SMILES string of the molecule is O=C(O)C1=Nc2ccccc2C(O)N1c1ccccc1. The van der Waals surface area contributed by atoms with E-state index in [1.807, 2.05) is 6.07 Å². The van der Waals surface area contributed by atoms with E-state index in [0.29, 0.717) is 16.9 Å². The molecule has 5 nitrogen and oxygen atoms in total. The molecule has 2 N–H and O–H groups in total. The first-order valence-corrected chi connectivity index (χ1v) is 6.12. The third-order valence-corrected chi connectivity index (χ3v) is 3.14. The molecule has 0 bridgehead atoms. The van der Waals surface area contributed by atoms with Crippen molar-refractivity contribution in [3.63, 3.8) is 0 Å². The number of rotatable bonds is 2. The van der Waals surface area contributed by atoms with Gasteiger partial charge in [-0.25, -0.2) is 9.79 Å². The van der Waals surface area contributed by atoms with Gasteiger partial charge in [0, 0.05) is 11.3 Å². The van der Waals surface area contributed by atoms with Crippen LogP contribution in [0.1, 0.15) is 11.8 Å². The maximum Gasteiger partial charge on any atom is 0.372 e. The highest BCUT2D eigenvalue weighted by Gasteiger charge is 2.32. The Balaban J connectivity index is 2.17. The van der Waals surface area contributed by atoms with Gasteiger partial charge in [-0.15, -0.1) is 0 Å². The van der Waals surface area contributed by atoms with E-state index >= 15 is 0 Å². The van der Waals surface area contributed by atoms with E-state index in [9.17, 15) is 15.0 Å². The number of amidine groups is 1. The molecule has 2 aromatic carbocycles. The Morgan fingerprint density at radius 1 is 1.05 bits per heavy atom. The van der Waals surface area contributed by atoms with E-state index in [0.717, 1.165) is 0 Å². The van der Waals surface area contributed by atoms with Crippen LogP contribution in [0.4, 0.5) is 11.4 Å². The summed E-state index contributed by atoms with van der Waals surface area (Å²) >= 11 is 0. The zero-order valence-electron chi connectivity index (χ0n) is 10.5. The fraction of sp³-hybridized carbons (Fsp3) is 0.0667. The summed E-state index contributed by atoms with van der Waals surface area (Å²) < 4.78 is 0. The van der Waals surface area contributed by atoms with E-state index < -0.39 is 12.2 Å². The first-order valence-electron chi connectivity index (χ1n) is 6.12. The van der Waals surface area contributed by atoms with Gasteiger partial charge in [-0.3, -0.25) is 4.90 Å². The lowest BCUT2D eigenvalue weighted by Gasteiger charge is -2.33. The average molecular weight is 268 g/mol. The van der Waals surface area contributed by atoms with Gasteiger partial charge in [0.15, 0.2) is 6.23 Å². The molecule has 1 unspecified atom stereocenters. The number of carbonyl (C=O) groups is 1. The molecule has 100 valence electrons. The fourth-order valence-electron chi connectivity index (χ4n) is 2.23. The highest BCUT2D eigenvalue weighted by atomic mass is 16.4. The molecule has 1 aliphatic rings. The van der Waals surface area contributed by atoms with Gasteiger partial charge in [-0.2, -0.15) is 0 Å². The van der Waals surface area contributed by atoms with Gasteiger partial charge in [0.05, 0.1) is 5.69 Å². The number of carboxylic acids is 1. The summed E-state index contributed by atoms with van der Waals surface area (Å²) in [7, 11) is 0. The summed E-state index contributed by atoms with van der Waals surface area (Å²) in [6.45, 7) is 0. The first-order chi connectivity index (χ1) is 9.68. The van der Waals surface area contributed by atoms with Crippen LogP contribution in [0.5, 0.6) is 0 Å². The molecule has 0 amide bonds. The van der Waals surface area contributed by atoms with Gasteiger partial charge in [0.2, 0.25) is 5.84 Å². The molecule has 3 rings (SSSR count). The van der Waals surface area contributed by atoms with Crippen LogP contribution < -0.4 is 4.90 Å². The summed E-state index contributed by atoms with van der Waals surface area (Å²) in [5.41, 5.74) is 1.64. The number of carboxylic acid groups (broad SMARTS) is 1. The molecule has 1 heterocycles. The predicted octanol–water partition coefficient (Wildman–Crippen LogP) is 2.31.